The van der Waals surface area contributed by atoms with Crippen molar-refractivity contribution in [2.24, 2.45) is 4.99 Å². The predicted octanol–water partition coefficient (Wildman–Crippen LogP) is 2.77. The van der Waals surface area contributed by atoms with E-state index in [0.29, 0.717) is 0 Å². The minimum Gasteiger partial charge on any atom is -0.278 e. The van der Waals surface area contributed by atoms with Gasteiger partial charge < -0.3 is 0 Å². The van der Waals surface area contributed by atoms with E-state index >= 15 is 0 Å². The lowest BCUT2D eigenvalue weighted by Gasteiger charge is -2.09. The maximum absolute atomic E-state index is 4.41. The van der Waals surface area contributed by atoms with E-state index in [1.165, 1.54) is 36.5 Å². The zero-order valence-electron chi connectivity index (χ0n) is 7.51. The third kappa shape index (κ3) is 2.86. The van der Waals surface area contributed by atoms with E-state index in [0.717, 1.165) is 0 Å². The van der Waals surface area contributed by atoms with E-state index in [-0.39, 0.29) is 10.9 Å². The molecule has 1 heterocycles. The van der Waals surface area contributed by atoms with Crippen LogP contribution in [0.5, 0.6) is 0 Å². The number of hydrogen-bond acceptors (Lipinski definition) is 1. The number of thiol groups is 1. The normalized spacial score (nSPS) is 27.1. The van der Waals surface area contributed by atoms with Gasteiger partial charge in [0.15, 0.2) is 0 Å². The van der Waals surface area contributed by atoms with Crippen molar-refractivity contribution in [3.8, 4) is 0 Å². The minimum absolute atomic E-state index is 0.149. The van der Waals surface area contributed by atoms with Crippen molar-refractivity contribution in [1.82, 2.24) is 0 Å². The lowest BCUT2D eigenvalue weighted by molar-refractivity contribution is 0.745. The van der Waals surface area contributed by atoms with Gasteiger partial charge in [0, 0.05) is 10.8 Å². The van der Waals surface area contributed by atoms with Crippen molar-refractivity contribution in [1.29, 1.82) is 0 Å². The second-order valence-corrected chi connectivity index (χ2v) is 5.34. The number of unbranched alkanes of at least 4 members (excludes halogenated alkanes) is 2. The summed E-state index contributed by atoms with van der Waals surface area (Å²) in [4.78, 5) is 4.41. The van der Waals surface area contributed by atoms with Gasteiger partial charge in [0.05, 0.1) is 6.54 Å². The van der Waals surface area contributed by atoms with Crippen molar-refractivity contribution in [2.75, 3.05) is 12.0 Å². The molecule has 0 saturated carbocycles. The van der Waals surface area contributed by atoms with E-state index in [1.54, 1.807) is 0 Å². The molecule has 1 aliphatic heterocycles. The summed E-state index contributed by atoms with van der Waals surface area (Å²) in [7, 11) is 0.149. The largest absolute Gasteiger partial charge is 0.278 e. The fourth-order valence-corrected chi connectivity index (χ4v) is 2.62. The first kappa shape index (κ1) is 9.11. The number of aliphatic imine (C=N–C) groups is 1. The highest BCUT2D eigenvalue weighted by Gasteiger charge is 2.11. The van der Waals surface area contributed by atoms with E-state index in [2.05, 4.69) is 24.7 Å². The third-order valence-corrected chi connectivity index (χ3v) is 3.97. The Hall–Kier alpha value is 0.0200. The Morgan fingerprint density at radius 2 is 2.36 bits per heavy atom. The molecule has 11 heavy (non-hydrogen) atoms. The summed E-state index contributed by atoms with van der Waals surface area (Å²) in [5, 5.41) is 1.49. The van der Waals surface area contributed by atoms with Crippen molar-refractivity contribution in [3.63, 3.8) is 0 Å². The zero-order chi connectivity index (χ0) is 8.10. The minimum atomic E-state index is 0.149. The Balaban J connectivity index is 2.15. The van der Waals surface area contributed by atoms with Crippen LogP contribution in [0.25, 0.3) is 0 Å². The molecule has 0 N–H and O–H groups in total. The molecule has 1 radical (unpaired) electrons. The standard InChI is InChI=1S/C9H18NS/c1-3-4-5-6-9-10-7-8-11(9)2/h7,11H,3-6,8H2,1-2H3. The van der Waals surface area contributed by atoms with E-state index in [1.807, 2.05) is 0 Å². The molecule has 0 aromatic heterocycles. The summed E-state index contributed by atoms with van der Waals surface area (Å²) in [6, 6.07) is 0. The van der Waals surface area contributed by atoms with E-state index in [4.69, 9.17) is 0 Å². The van der Waals surface area contributed by atoms with E-state index < -0.39 is 0 Å². The van der Waals surface area contributed by atoms with Gasteiger partial charge in [0.1, 0.15) is 0 Å². The maximum Gasteiger partial charge on any atom is 0.0816 e. The van der Waals surface area contributed by atoms with Gasteiger partial charge in [-0.1, -0.05) is 19.8 Å². The van der Waals surface area contributed by atoms with Crippen LogP contribution in [-0.2, 0) is 0 Å². The monoisotopic (exact) mass is 172 g/mol. The summed E-state index contributed by atoms with van der Waals surface area (Å²) >= 11 is 0. The van der Waals surface area contributed by atoms with Crippen LogP contribution >= 0.6 is 10.9 Å². The molecule has 0 amide bonds. The molecule has 0 aromatic rings. The average molecular weight is 172 g/mol. The molecular formula is C9H18NS. The molecule has 1 aliphatic rings. The van der Waals surface area contributed by atoms with Gasteiger partial charge in [0.2, 0.25) is 0 Å². The quantitative estimate of drug-likeness (QED) is 0.494. The van der Waals surface area contributed by atoms with Crippen LogP contribution in [-0.4, -0.2) is 17.1 Å². The van der Waals surface area contributed by atoms with Gasteiger partial charge in [-0.25, -0.2) is 10.9 Å². The number of rotatable bonds is 4. The average Bonchev–Trinajstić information content (AvgIpc) is 2.37. The van der Waals surface area contributed by atoms with Gasteiger partial charge in [-0.05, 0) is 19.1 Å². The topological polar surface area (TPSA) is 12.4 Å². The van der Waals surface area contributed by atoms with Crippen molar-refractivity contribution in [2.45, 2.75) is 32.6 Å². The van der Waals surface area contributed by atoms with Crippen LogP contribution in [0.1, 0.15) is 32.6 Å². The van der Waals surface area contributed by atoms with Gasteiger partial charge >= 0.3 is 0 Å². The zero-order valence-corrected chi connectivity index (χ0v) is 8.40. The molecule has 0 aromatic carbocycles. The molecule has 0 spiro atoms. The number of nitrogens with zero attached hydrogens (tertiary/aromatic N) is 1. The Morgan fingerprint density at radius 1 is 1.55 bits per heavy atom. The highest BCUT2D eigenvalue weighted by Crippen LogP contribution is 2.31. The van der Waals surface area contributed by atoms with Crippen molar-refractivity contribution in [3.05, 3.63) is 6.54 Å². The molecule has 1 unspecified atom stereocenters. The van der Waals surface area contributed by atoms with Gasteiger partial charge in [-0.15, -0.1) is 0 Å². The predicted molar refractivity (Wildman–Crippen MR) is 55.7 cm³/mol. The fourth-order valence-electron chi connectivity index (χ4n) is 1.26. The Kier molecular flexibility index (Phi) is 3.98. The summed E-state index contributed by atoms with van der Waals surface area (Å²) in [5.74, 6) is 1.23. The van der Waals surface area contributed by atoms with Crippen molar-refractivity contribution < 1.29 is 0 Å². The molecule has 0 fully saturated rings. The van der Waals surface area contributed by atoms with Crippen molar-refractivity contribution >= 4 is 15.9 Å². The summed E-state index contributed by atoms with van der Waals surface area (Å²) in [5.41, 5.74) is 0. The molecule has 2 heteroatoms. The van der Waals surface area contributed by atoms with Gasteiger partial charge in [-0.2, -0.15) is 0 Å². The first-order valence-electron chi connectivity index (χ1n) is 4.44. The molecule has 1 rings (SSSR count). The first-order valence-corrected chi connectivity index (χ1v) is 6.41. The lowest BCUT2D eigenvalue weighted by atomic mass is 10.2. The van der Waals surface area contributed by atoms with Crippen LogP contribution in [0.4, 0.5) is 0 Å². The van der Waals surface area contributed by atoms with Crippen LogP contribution < -0.4 is 0 Å². The van der Waals surface area contributed by atoms with Crippen LogP contribution in [0, 0.1) is 6.54 Å². The maximum atomic E-state index is 4.41. The van der Waals surface area contributed by atoms with Gasteiger partial charge in [-0.3, -0.25) is 4.99 Å². The molecule has 1 atom stereocenters. The van der Waals surface area contributed by atoms with Gasteiger partial charge in [0.25, 0.3) is 0 Å². The summed E-state index contributed by atoms with van der Waals surface area (Å²) in [6.07, 6.45) is 7.62. The third-order valence-electron chi connectivity index (χ3n) is 2.04. The molecule has 1 nitrogen and oxygen atoms in total. The molecule has 0 saturated heterocycles. The Labute approximate surface area is 72.6 Å². The fraction of sp³-hybridized carbons (Fsp3) is 0.778. The number of hydrogen-bond donors (Lipinski definition) is 1. The second-order valence-electron chi connectivity index (χ2n) is 3.07. The Morgan fingerprint density at radius 3 is 2.91 bits per heavy atom. The smallest absolute Gasteiger partial charge is 0.0816 e. The lowest BCUT2D eigenvalue weighted by Crippen LogP contribution is -1.94. The first-order chi connectivity index (χ1) is 5.34. The van der Waals surface area contributed by atoms with E-state index in [9.17, 15) is 0 Å². The van der Waals surface area contributed by atoms with Crippen LogP contribution in [0.15, 0.2) is 4.99 Å². The summed E-state index contributed by atoms with van der Waals surface area (Å²) < 4.78 is 0. The Bertz CT molecular complexity index is 142. The SMILES string of the molecule is CCCCCC1=N[CH]C[SH]1C. The molecule has 0 aliphatic carbocycles. The second kappa shape index (κ2) is 4.81. The van der Waals surface area contributed by atoms with Crippen LogP contribution in [0.2, 0.25) is 0 Å². The van der Waals surface area contributed by atoms with Crippen LogP contribution in [0.3, 0.4) is 0 Å². The highest BCUT2D eigenvalue weighted by atomic mass is 32.2. The molecule has 0 bridgehead atoms. The molecule has 65 valence electrons. The summed E-state index contributed by atoms with van der Waals surface area (Å²) in [6.45, 7) is 4.34. The highest BCUT2D eigenvalue weighted by molar-refractivity contribution is 8.29. The molecular weight excluding hydrogens is 154 g/mol.